The Balaban J connectivity index is 1.93. The maximum Gasteiger partial charge on any atom is 0.221 e. The van der Waals surface area contributed by atoms with E-state index in [1.54, 1.807) is 22.7 Å². The van der Waals surface area contributed by atoms with Crippen molar-refractivity contribution in [3.8, 4) is 21.1 Å². The van der Waals surface area contributed by atoms with E-state index in [-0.39, 0.29) is 0 Å². The van der Waals surface area contributed by atoms with Crippen LogP contribution in [0.15, 0.2) is 47.8 Å². The van der Waals surface area contributed by atoms with Gasteiger partial charge in [0.05, 0.1) is 21.1 Å². The van der Waals surface area contributed by atoms with E-state index in [1.807, 2.05) is 0 Å². The van der Waals surface area contributed by atoms with Crippen LogP contribution in [0.5, 0.6) is 0 Å². The molecule has 126 valence electrons. The van der Waals surface area contributed by atoms with E-state index in [0.29, 0.717) is 5.95 Å². The van der Waals surface area contributed by atoms with Crippen molar-refractivity contribution in [1.29, 1.82) is 0 Å². The van der Waals surface area contributed by atoms with E-state index >= 15 is 0 Å². The van der Waals surface area contributed by atoms with Crippen LogP contribution in [0.2, 0.25) is 0 Å². The molecular weight excluding hydrogens is 346 g/mol. The van der Waals surface area contributed by atoms with Gasteiger partial charge in [0.15, 0.2) is 0 Å². The summed E-state index contributed by atoms with van der Waals surface area (Å²) in [6, 6.07) is 14.8. The third kappa shape index (κ3) is 3.17. The molecule has 0 saturated heterocycles. The summed E-state index contributed by atoms with van der Waals surface area (Å²) in [5.41, 5.74) is 9.28. The molecule has 0 aliphatic carbocycles. The van der Waals surface area contributed by atoms with Gasteiger partial charge in [-0.3, -0.25) is 0 Å². The number of hydrogen-bond acceptors (Lipinski definition) is 5. The van der Waals surface area contributed by atoms with Gasteiger partial charge in [0.2, 0.25) is 5.95 Å². The number of benzene rings is 1. The molecule has 3 nitrogen and oxygen atoms in total. The lowest BCUT2D eigenvalue weighted by Crippen LogP contribution is -2.04. The van der Waals surface area contributed by atoms with Gasteiger partial charge in [0.1, 0.15) is 0 Å². The molecule has 4 rings (SSSR count). The summed E-state index contributed by atoms with van der Waals surface area (Å²) in [6.45, 7) is 2.21. The van der Waals surface area contributed by atoms with Crippen LogP contribution in [0.1, 0.15) is 25.3 Å². The van der Waals surface area contributed by atoms with Gasteiger partial charge in [0, 0.05) is 10.3 Å². The van der Waals surface area contributed by atoms with Gasteiger partial charge in [-0.2, -0.15) is 0 Å². The molecule has 5 heteroatoms. The first kappa shape index (κ1) is 16.2. The van der Waals surface area contributed by atoms with Crippen molar-refractivity contribution in [2.75, 3.05) is 5.73 Å². The molecule has 3 aromatic heterocycles. The summed E-state index contributed by atoms with van der Waals surface area (Å²) in [5.74, 6) is 0.344. The second-order valence-electron chi connectivity index (χ2n) is 5.99. The van der Waals surface area contributed by atoms with Crippen molar-refractivity contribution in [3.05, 3.63) is 53.4 Å². The minimum atomic E-state index is 0.344. The van der Waals surface area contributed by atoms with Crippen LogP contribution in [-0.4, -0.2) is 9.97 Å². The van der Waals surface area contributed by atoms with Crippen LogP contribution < -0.4 is 5.73 Å². The van der Waals surface area contributed by atoms with Gasteiger partial charge in [-0.05, 0) is 41.8 Å². The van der Waals surface area contributed by atoms with E-state index in [0.717, 1.165) is 35.5 Å². The Labute approximate surface area is 155 Å². The molecule has 3 heterocycles. The zero-order valence-corrected chi connectivity index (χ0v) is 15.7. The number of aromatic nitrogens is 2. The number of anilines is 1. The maximum atomic E-state index is 6.08. The molecule has 1 aromatic carbocycles. The van der Waals surface area contributed by atoms with Gasteiger partial charge < -0.3 is 5.73 Å². The molecular formula is C20H19N3S2. The number of nitrogen functional groups attached to an aromatic ring is 1. The zero-order chi connectivity index (χ0) is 17.2. The fraction of sp³-hybridized carbons (Fsp3) is 0.200. The first-order valence-corrected chi connectivity index (χ1v) is 10.1. The Hall–Kier alpha value is -2.24. The summed E-state index contributed by atoms with van der Waals surface area (Å²) < 4.78 is 1.27. The van der Waals surface area contributed by atoms with Gasteiger partial charge in [-0.25, -0.2) is 9.97 Å². The fourth-order valence-corrected chi connectivity index (χ4v) is 4.83. The molecule has 0 unspecified atom stereocenters. The normalized spacial score (nSPS) is 11.2. The molecule has 0 atom stereocenters. The van der Waals surface area contributed by atoms with Crippen LogP contribution in [0.25, 0.3) is 31.2 Å². The highest BCUT2D eigenvalue weighted by Gasteiger charge is 2.18. The van der Waals surface area contributed by atoms with Gasteiger partial charge in [-0.15, -0.1) is 22.7 Å². The van der Waals surface area contributed by atoms with Crippen molar-refractivity contribution < 1.29 is 0 Å². The molecule has 0 spiro atoms. The van der Waals surface area contributed by atoms with E-state index in [9.17, 15) is 0 Å². The predicted molar refractivity (Wildman–Crippen MR) is 109 cm³/mol. The van der Waals surface area contributed by atoms with Crippen molar-refractivity contribution in [2.24, 2.45) is 0 Å². The molecule has 0 aliphatic rings. The first-order chi connectivity index (χ1) is 12.3. The highest BCUT2D eigenvalue weighted by Crippen LogP contribution is 2.38. The monoisotopic (exact) mass is 365 g/mol. The molecule has 0 radical (unpaired) electrons. The lowest BCUT2D eigenvalue weighted by atomic mass is 10.0. The second kappa shape index (κ2) is 6.94. The lowest BCUT2D eigenvalue weighted by molar-refractivity contribution is 0.792. The molecule has 25 heavy (non-hydrogen) atoms. The summed E-state index contributed by atoms with van der Waals surface area (Å²) in [6.07, 6.45) is 3.22. The van der Waals surface area contributed by atoms with Gasteiger partial charge in [0.25, 0.3) is 0 Å². The maximum absolute atomic E-state index is 6.08. The van der Waals surface area contributed by atoms with E-state index in [2.05, 4.69) is 64.7 Å². The Morgan fingerprint density at radius 1 is 1.00 bits per heavy atom. The molecule has 2 N–H and O–H groups in total. The first-order valence-electron chi connectivity index (χ1n) is 8.45. The topological polar surface area (TPSA) is 51.8 Å². The minimum absolute atomic E-state index is 0.344. The van der Waals surface area contributed by atoms with Crippen LogP contribution in [0.3, 0.4) is 0 Å². The molecule has 0 aliphatic heterocycles. The molecule has 0 saturated carbocycles. The predicted octanol–water partition coefficient (Wildman–Crippen LogP) is 6.01. The third-order valence-electron chi connectivity index (χ3n) is 4.22. The largest absolute Gasteiger partial charge is 0.368 e. The van der Waals surface area contributed by atoms with Crippen molar-refractivity contribution in [2.45, 2.75) is 26.2 Å². The fourth-order valence-electron chi connectivity index (χ4n) is 3.01. The molecule has 0 fully saturated rings. The van der Waals surface area contributed by atoms with Crippen LogP contribution in [0, 0.1) is 0 Å². The Kier molecular flexibility index (Phi) is 4.51. The number of nitrogens with zero attached hydrogens (tertiary/aromatic N) is 2. The standard InChI is InChI=1S/C20H19N3S2/c1-2-3-8-14-18(16-10-6-11-24-16)22-20(21)23-19(14)17-12-13-7-4-5-9-15(13)25-17/h4-7,9-12H,2-3,8H2,1H3,(H2,21,22,23). The van der Waals surface area contributed by atoms with Crippen molar-refractivity contribution in [1.82, 2.24) is 9.97 Å². The SMILES string of the molecule is CCCCc1c(-c2cccs2)nc(N)nc1-c1cc2ccccc2s1. The number of hydrogen-bond donors (Lipinski definition) is 1. The molecule has 0 amide bonds. The Morgan fingerprint density at radius 3 is 2.52 bits per heavy atom. The van der Waals surface area contributed by atoms with E-state index < -0.39 is 0 Å². The third-order valence-corrected chi connectivity index (χ3v) is 6.22. The highest BCUT2D eigenvalue weighted by molar-refractivity contribution is 7.22. The van der Waals surface area contributed by atoms with Crippen LogP contribution >= 0.6 is 22.7 Å². The number of unbranched alkanes of at least 4 members (excludes halogenated alkanes) is 1. The molecule has 4 aromatic rings. The highest BCUT2D eigenvalue weighted by atomic mass is 32.1. The quantitative estimate of drug-likeness (QED) is 0.471. The molecule has 0 bridgehead atoms. The van der Waals surface area contributed by atoms with Gasteiger partial charge >= 0.3 is 0 Å². The van der Waals surface area contributed by atoms with E-state index in [4.69, 9.17) is 5.73 Å². The summed E-state index contributed by atoms with van der Waals surface area (Å²) in [7, 11) is 0. The zero-order valence-electron chi connectivity index (χ0n) is 14.0. The van der Waals surface area contributed by atoms with Crippen LogP contribution in [-0.2, 0) is 6.42 Å². The Bertz CT molecular complexity index is 970. The Morgan fingerprint density at radius 2 is 1.80 bits per heavy atom. The average Bonchev–Trinajstić information content (AvgIpc) is 3.29. The van der Waals surface area contributed by atoms with E-state index in [1.165, 1.54) is 20.5 Å². The summed E-state index contributed by atoms with van der Waals surface area (Å²) in [5, 5.41) is 3.33. The average molecular weight is 366 g/mol. The summed E-state index contributed by atoms with van der Waals surface area (Å²) in [4.78, 5) is 11.6. The van der Waals surface area contributed by atoms with Crippen LogP contribution in [0.4, 0.5) is 5.95 Å². The number of nitrogens with two attached hydrogens (primary N) is 1. The smallest absolute Gasteiger partial charge is 0.221 e. The van der Waals surface area contributed by atoms with Crippen molar-refractivity contribution >= 4 is 38.7 Å². The van der Waals surface area contributed by atoms with Gasteiger partial charge in [-0.1, -0.05) is 37.6 Å². The summed E-state index contributed by atoms with van der Waals surface area (Å²) >= 11 is 3.47. The second-order valence-corrected chi connectivity index (χ2v) is 8.02. The number of thiophene rings is 2. The number of rotatable bonds is 5. The number of fused-ring (bicyclic) bond motifs is 1. The lowest BCUT2D eigenvalue weighted by Gasteiger charge is -2.12. The minimum Gasteiger partial charge on any atom is -0.368 e. The van der Waals surface area contributed by atoms with Crippen molar-refractivity contribution in [3.63, 3.8) is 0 Å².